The van der Waals surface area contributed by atoms with Crippen LogP contribution in [0.15, 0.2) is 18.5 Å². The van der Waals surface area contributed by atoms with E-state index in [0.717, 1.165) is 12.6 Å². The van der Waals surface area contributed by atoms with Gasteiger partial charge in [-0.25, -0.2) is 9.37 Å². The minimum Gasteiger partial charge on any atom is -0.369 e. The van der Waals surface area contributed by atoms with Crippen molar-refractivity contribution in [2.24, 2.45) is 7.05 Å². The first kappa shape index (κ1) is 15.0. The molecule has 0 aliphatic rings. The molecule has 0 unspecified atom stereocenters. The van der Waals surface area contributed by atoms with Crippen LogP contribution in [0.25, 0.3) is 0 Å². The summed E-state index contributed by atoms with van der Waals surface area (Å²) in [6.45, 7) is 4.44. The van der Waals surface area contributed by atoms with Crippen molar-refractivity contribution >= 4 is 17.4 Å². The molecule has 2 heterocycles. The number of aromatic nitrogens is 3. The van der Waals surface area contributed by atoms with E-state index in [1.165, 1.54) is 6.07 Å². The fourth-order valence-corrected chi connectivity index (χ4v) is 1.91. The van der Waals surface area contributed by atoms with Crippen LogP contribution < -0.4 is 10.6 Å². The number of pyridine rings is 1. The average molecular weight is 291 g/mol. The van der Waals surface area contributed by atoms with Gasteiger partial charge in [-0.05, 0) is 19.4 Å². The fraction of sp³-hybridized carbons (Fsp3) is 0.357. The Labute approximate surface area is 122 Å². The lowest BCUT2D eigenvalue weighted by molar-refractivity contribution is 0.102. The van der Waals surface area contributed by atoms with E-state index in [4.69, 9.17) is 0 Å². The van der Waals surface area contributed by atoms with Gasteiger partial charge in [0.15, 0.2) is 0 Å². The maximum Gasteiger partial charge on any atom is 0.259 e. The number of carbonyl (C=O) groups is 1. The van der Waals surface area contributed by atoms with E-state index in [2.05, 4.69) is 20.7 Å². The average Bonchev–Trinajstić information content (AvgIpc) is 2.75. The number of carbonyl (C=O) groups excluding carboxylic acids is 1. The van der Waals surface area contributed by atoms with Crippen molar-refractivity contribution in [2.45, 2.75) is 20.3 Å². The summed E-state index contributed by atoms with van der Waals surface area (Å²) >= 11 is 0. The van der Waals surface area contributed by atoms with Gasteiger partial charge in [-0.3, -0.25) is 9.48 Å². The molecule has 0 bridgehead atoms. The number of halogens is 1. The standard InChI is InChI=1S/C14H18FN5O/c1-4-5-16-13-11(6-10(15)7-17-13)14(21)18-12-8-20(3)19-9(12)2/h6-8H,4-5H2,1-3H3,(H,16,17)(H,18,21). The van der Waals surface area contributed by atoms with E-state index in [1.54, 1.807) is 24.9 Å². The normalized spacial score (nSPS) is 10.5. The van der Waals surface area contributed by atoms with Crippen molar-refractivity contribution in [3.63, 3.8) is 0 Å². The van der Waals surface area contributed by atoms with E-state index >= 15 is 0 Å². The van der Waals surface area contributed by atoms with Gasteiger partial charge in [0.2, 0.25) is 0 Å². The molecular weight excluding hydrogens is 273 g/mol. The summed E-state index contributed by atoms with van der Waals surface area (Å²) in [7, 11) is 1.76. The zero-order valence-electron chi connectivity index (χ0n) is 12.3. The van der Waals surface area contributed by atoms with Crippen LogP contribution >= 0.6 is 0 Å². The Morgan fingerprint density at radius 3 is 2.86 bits per heavy atom. The molecular formula is C14H18FN5O. The molecule has 1 amide bonds. The van der Waals surface area contributed by atoms with E-state index < -0.39 is 11.7 Å². The minimum absolute atomic E-state index is 0.173. The van der Waals surface area contributed by atoms with Gasteiger partial charge in [0.05, 0.1) is 23.1 Å². The van der Waals surface area contributed by atoms with Crippen molar-refractivity contribution < 1.29 is 9.18 Å². The second-order valence-electron chi connectivity index (χ2n) is 4.73. The summed E-state index contributed by atoms with van der Waals surface area (Å²) in [5.74, 6) is -0.598. The van der Waals surface area contributed by atoms with Crippen LogP contribution in [-0.2, 0) is 7.05 Å². The smallest absolute Gasteiger partial charge is 0.259 e. The predicted molar refractivity (Wildman–Crippen MR) is 78.9 cm³/mol. The molecule has 112 valence electrons. The molecule has 0 saturated carbocycles. The lowest BCUT2D eigenvalue weighted by atomic mass is 10.2. The SMILES string of the molecule is CCCNc1ncc(F)cc1C(=O)Nc1cn(C)nc1C. The Morgan fingerprint density at radius 1 is 1.48 bits per heavy atom. The van der Waals surface area contributed by atoms with Gasteiger partial charge >= 0.3 is 0 Å². The third-order valence-corrected chi connectivity index (χ3v) is 2.90. The Morgan fingerprint density at radius 2 is 2.24 bits per heavy atom. The monoisotopic (exact) mass is 291 g/mol. The molecule has 21 heavy (non-hydrogen) atoms. The zero-order valence-corrected chi connectivity index (χ0v) is 12.3. The van der Waals surface area contributed by atoms with E-state index in [0.29, 0.717) is 23.7 Å². The van der Waals surface area contributed by atoms with Crippen molar-refractivity contribution in [3.05, 3.63) is 35.5 Å². The van der Waals surface area contributed by atoms with Gasteiger partial charge in [0.1, 0.15) is 11.6 Å². The summed E-state index contributed by atoms with van der Waals surface area (Å²) in [5, 5.41) is 9.88. The topological polar surface area (TPSA) is 71.8 Å². The molecule has 0 aliphatic heterocycles. The summed E-state index contributed by atoms with van der Waals surface area (Å²) in [5.41, 5.74) is 1.46. The third-order valence-electron chi connectivity index (χ3n) is 2.90. The fourth-order valence-electron chi connectivity index (χ4n) is 1.91. The molecule has 0 radical (unpaired) electrons. The van der Waals surface area contributed by atoms with Crippen LogP contribution in [0.3, 0.4) is 0 Å². The Balaban J connectivity index is 2.25. The van der Waals surface area contributed by atoms with E-state index in [1.807, 2.05) is 6.92 Å². The Kier molecular flexibility index (Phi) is 4.52. The number of aryl methyl sites for hydroxylation is 2. The first-order valence-electron chi connectivity index (χ1n) is 6.72. The molecule has 0 aromatic carbocycles. The van der Waals surface area contributed by atoms with E-state index in [9.17, 15) is 9.18 Å². The van der Waals surface area contributed by atoms with Crippen LogP contribution in [0, 0.1) is 12.7 Å². The maximum atomic E-state index is 13.4. The van der Waals surface area contributed by atoms with Crippen LogP contribution in [0.5, 0.6) is 0 Å². The molecule has 0 aliphatic carbocycles. The zero-order chi connectivity index (χ0) is 15.4. The highest BCUT2D eigenvalue weighted by atomic mass is 19.1. The highest BCUT2D eigenvalue weighted by Crippen LogP contribution is 2.18. The van der Waals surface area contributed by atoms with Gasteiger partial charge < -0.3 is 10.6 Å². The molecule has 0 fully saturated rings. The lowest BCUT2D eigenvalue weighted by Crippen LogP contribution is -2.16. The number of hydrogen-bond donors (Lipinski definition) is 2. The second-order valence-corrected chi connectivity index (χ2v) is 4.73. The molecule has 2 aromatic rings. The maximum absolute atomic E-state index is 13.4. The number of nitrogens with zero attached hydrogens (tertiary/aromatic N) is 3. The third kappa shape index (κ3) is 3.56. The Bertz CT molecular complexity index is 653. The highest BCUT2D eigenvalue weighted by molar-refractivity contribution is 6.07. The highest BCUT2D eigenvalue weighted by Gasteiger charge is 2.16. The van der Waals surface area contributed by atoms with Gasteiger partial charge in [0.25, 0.3) is 5.91 Å². The number of nitrogens with one attached hydrogen (secondary N) is 2. The van der Waals surface area contributed by atoms with Gasteiger partial charge in [0, 0.05) is 19.8 Å². The summed E-state index contributed by atoms with van der Waals surface area (Å²) in [4.78, 5) is 16.3. The first-order chi connectivity index (χ1) is 10.0. The molecule has 6 nitrogen and oxygen atoms in total. The van der Waals surface area contributed by atoms with Crippen LogP contribution in [-0.4, -0.2) is 27.2 Å². The summed E-state index contributed by atoms with van der Waals surface area (Å²) in [6, 6.07) is 1.17. The van der Waals surface area contributed by atoms with Gasteiger partial charge in [-0.2, -0.15) is 5.10 Å². The first-order valence-corrected chi connectivity index (χ1v) is 6.72. The van der Waals surface area contributed by atoms with Crippen molar-refractivity contribution in [1.82, 2.24) is 14.8 Å². The van der Waals surface area contributed by atoms with Crippen LogP contribution in [0.1, 0.15) is 29.4 Å². The Hall–Kier alpha value is -2.44. The molecule has 0 spiro atoms. The largest absolute Gasteiger partial charge is 0.369 e. The van der Waals surface area contributed by atoms with Crippen LogP contribution in [0.2, 0.25) is 0 Å². The second kappa shape index (κ2) is 6.34. The van der Waals surface area contributed by atoms with Gasteiger partial charge in [-0.15, -0.1) is 0 Å². The summed E-state index contributed by atoms with van der Waals surface area (Å²) in [6.07, 6.45) is 3.66. The van der Waals surface area contributed by atoms with E-state index in [-0.39, 0.29) is 5.56 Å². The number of anilines is 2. The number of amides is 1. The van der Waals surface area contributed by atoms with Crippen molar-refractivity contribution in [2.75, 3.05) is 17.2 Å². The molecule has 0 saturated heterocycles. The molecule has 2 N–H and O–H groups in total. The summed E-state index contributed by atoms with van der Waals surface area (Å²) < 4.78 is 15.0. The number of rotatable bonds is 5. The molecule has 2 aromatic heterocycles. The van der Waals surface area contributed by atoms with Gasteiger partial charge in [-0.1, -0.05) is 6.92 Å². The lowest BCUT2D eigenvalue weighted by Gasteiger charge is -2.10. The molecule has 2 rings (SSSR count). The minimum atomic E-state index is -0.551. The quantitative estimate of drug-likeness (QED) is 0.887. The predicted octanol–water partition coefficient (Wildman–Crippen LogP) is 2.34. The number of hydrogen-bond acceptors (Lipinski definition) is 4. The van der Waals surface area contributed by atoms with Crippen molar-refractivity contribution in [1.29, 1.82) is 0 Å². The molecule has 0 atom stereocenters. The molecule has 7 heteroatoms. The van der Waals surface area contributed by atoms with Crippen LogP contribution in [0.4, 0.5) is 15.9 Å². The van der Waals surface area contributed by atoms with Crippen molar-refractivity contribution in [3.8, 4) is 0 Å².